The molecule has 0 fully saturated rings. The third kappa shape index (κ3) is 4.94. The molecule has 1 N–H and O–H groups in total. The average Bonchev–Trinajstić information content (AvgIpc) is 2.69. The maximum Gasteiger partial charge on any atom is 0.262 e. The van der Waals surface area contributed by atoms with Gasteiger partial charge in [0.1, 0.15) is 17.3 Å². The van der Waals surface area contributed by atoms with Crippen molar-refractivity contribution in [1.82, 2.24) is 0 Å². The molecule has 28 heavy (non-hydrogen) atoms. The van der Waals surface area contributed by atoms with Crippen molar-refractivity contribution in [1.29, 1.82) is 0 Å². The van der Waals surface area contributed by atoms with Crippen molar-refractivity contribution in [3.05, 3.63) is 84.2 Å². The lowest BCUT2D eigenvalue weighted by molar-refractivity contribution is -0.118. The van der Waals surface area contributed by atoms with Crippen LogP contribution in [0.5, 0.6) is 17.2 Å². The van der Waals surface area contributed by atoms with Crippen molar-refractivity contribution in [2.24, 2.45) is 0 Å². The molecule has 0 unspecified atom stereocenters. The van der Waals surface area contributed by atoms with Crippen LogP contribution >= 0.6 is 0 Å². The van der Waals surface area contributed by atoms with Crippen LogP contribution < -0.4 is 14.8 Å². The summed E-state index contributed by atoms with van der Waals surface area (Å²) in [5.74, 6) is -0.0718. The van der Waals surface area contributed by atoms with E-state index in [0.717, 1.165) is 6.07 Å². The van der Waals surface area contributed by atoms with E-state index in [0.29, 0.717) is 17.2 Å². The molecule has 1 amide bonds. The first-order valence-corrected chi connectivity index (χ1v) is 8.58. The van der Waals surface area contributed by atoms with Gasteiger partial charge in [-0.15, -0.1) is 0 Å². The zero-order valence-corrected chi connectivity index (χ0v) is 15.1. The Kier molecular flexibility index (Phi) is 6.01. The molecule has 0 heterocycles. The third-order valence-electron chi connectivity index (χ3n) is 3.81. The molecule has 5 nitrogen and oxygen atoms in total. The standard InChI is InChI=1S/C22H18FNO4/c1-15(25)18-13-16(23)11-12-20(18)27-14-22(26)24-19-9-5-6-10-21(19)28-17-7-3-2-4-8-17/h2-13H,14H2,1H3,(H,24,26). The second kappa shape index (κ2) is 8.81. The highest BCUT2D eigenvalue weighted by Gasteiger charge is 2.13. The van der Waals surface area contributed by atoms with Gasteiger partial charge >= 0.3 is 0 Å². The van der Waals surface area contributed by atoms with E-state index >= 15 is 0 Å². The highest BCUT2D eigenvalue weighted by Crippen LogP contribution is 2.29. The first-order valence-electron chi connectivity index (χ1n) is 8.58. The van der Waals surface area contributed by atoms with Gasteiger partial charge in [-0.1, -0.05) is 30.3 Å². The molecule has 3 aromatic rings. The number of anilines is 1. The summed E-state index contributed by atoms with van der Waals surface area (Å²) >= 11 is 0. The molecule has 142 valence electrons. The van der Waals surface area contributed by atoms with Crippen molar-refractivity contribution in [3.8, 4) is 17.2 Å². The van der Waals surface area contributed by atoms with Crippen molar-refractivity contribution >= 4 is 17.4 Å². The summed E-state index contributed by atoms with van der Waals surface area (Å²) in [4.78, 5) is 23.9. The highest BCUT2D eigenvalue weighted by molar-refractivity contribution is 5.97. The van der Waals surface area contributed by atoms with Gasteiger partial charge in [0, 0.05) is 0 Å². The van der Waals surface area contributed by atoms with Crippen molar-refractivity contribution in [2.45, 2.75) is 6.92 Å². The van der Waals surface area contributed by atoms with Gasteiger partial charge in [0.2, 0.25) is 0 Å². The van der Waals surface area contributed by atoms with Gasteiger partial charge in [-0.05, 0) is 49.4 Å². The van der Waals surface area contributed by atoms with E-state index in [1.165, 1.54) is 19.1 Å². The predicted molar refractivity (Wildman–Crippen MR) is 103 cm³/mol. The molecule has 0 bridgehead atoms. The maximum atomic E-state index is 13.3. The fourth-order valence-corrected chi connectivity index (χ4v) is 2.51. The van der Waals surface area contributed by atoms with Crippen molar-refractivity contribution in [3.63, 3.8) is 0 Å². The van der Waals surface area contributed by atoms with E-state index in [1.807, 2.05) is 18.2 Å². The third-order valence-corrected chi connectivity index (χ3v) is 3.81. The molecule has 0 spiro atoms. The molecule has 0 aliphatic carbocycles. The summed E-state index contributed by atoms with van der Waals surface area (Å²) < 4.78 is 24.5. The van der Waals surface area contributed by atoms with Crippen LogP contribution in [-0.2, 0) is 4.79 Å². The molecule has 0 aliphatic heterocycles. The van der Waals surface area contributed by atoms with Crippen LogP contribution in [0.15, 0.2) is 72.8 Å². The molecule has 0 radical (unpaired) electrons. The molecular formula is C22H18FNO4. The van der Waals surface area contributed by atoms with Gasteiger partial charge in [0.05, 0.1) is 11.3 Å². The van der Waals surface area contributed by atoms with Gasteiger partial charge in [-0.3, -0.25) is 9.59 Å². The number of halogens is 1. The SMILES string of the molecule is CC(=O)c1cc(F)ccc1OCC(=O)Nc1ccccc1Oc1ccccc1. The number of ketones is 1. The molecule has 0 saturated heterocycles. The zero-order valence-electron chi connectivity index (χ0n) is 15.1. The minimum Gasteiger partial charge on any atom is -0.483 e. The second-order valence-corrected chi connectivity index (χ2v) is 5.94. The monoisotopic (exact) mass is 379 g/mol. The Morgan fingerprint density at radius 2 is 1.64 bits per heavy atom. The zero-order chi connectivity index (χ0) is 19.9. The van der Waals surface area contributed by atoms with E-state index < -0.39 is 11.7 Å². The Hall–Kier alpha value is -3.67. The lowest BCUT2D eigenvalue weighted by Crippen LogP contribution is -2.21. The number of ether oxygens (including phenoxy) is 2. The first-order chi connectivity index (χ1) is 13.5. The van der Waals surface area contributed by atoms with Crippen LogP contribution in [0.2, 0.25) is 0 Å². The lowest BCUT2D eigenvalue weighted by atomic mass is 10.1. The van der Waals surface area contributed by atoms with Gasteiger partial charge in [-0.25, -0.2) is 4.39 Å². The Bertz CT molecular complexity index is 989. The van der Waals surface area contributed by atoms with E-state index in [9.17, 15) is 14.0 Å². The minimum atomic E-state index is -0.547. The minimum absolute atomic E-state index is 0.0839. The summed E-state index contributed by atoms with van der Waals surface area (Å²) in [7, 11) is 0. The predicted octanol–water partition coefficient (Wildman–Crippen LogP) is 4.84. The summed E-state index contributed by atoms with van der Waals surface area (Å²) in [5, 5.41) is 2.71. The Balaban J connectivity index is 1.67. The molecule has 3 aromatic carbocycles. The molecular weight excluding hydrogens is 361 g/mol. The number of nitrogens with one attached hydrogen (secondary N) is 1. The molecule has 3 rings (SSSR count). The molecule has 6 heteroatoms. The Labute approximate surface area is 161 Å². The van der Waals surface area contributed by atoms with E-state index in [2.05, 4.69) is 5.32 Å². The van der Waals surface area contributed by atoms with Crippen LogP contribution in [0.25, 0.3) is 0 Å². The van der Waals surface area contributed by atoms with Gasteiger partial charge in [0.25, 0.3) is 5.91 Å². The number of amides is 1. The molecule has 0 saturated carbocycles. The first kappa shape index (κ1) is 19.1. The summed E-state index contributed by atoms with van der Waals surface area (Å²) in [6.45, 7) is 0.963. The fourth-order valence-electron chi connectivity index (χ4n) is 2.51. The number of carbonyl (C=O) groups is 2. The molecule has 0 aromatic heterocycles. The maximum absolute atomic E-state index is 13.3. The van der Waals surface area contributed by atoms with Crippen LogP contribution in [0.1, 0.15) is 17.3 Å². The number of benzene rings is 3. The van der Waals surface area contributed by atoms with Crippen LogP contribution in [0.3, 0.4) is 0 Å². The van der Waals surface area contributed by atoms with E-state index in [1.54, 1.807) is 36.4 Å². The quantitative estimate of drug-likeness (QED) is 0.597. The van der Waals surface area contributed by atoms with Gasteiger partial charge in [-0.2, -0.15) is 0 Å². The average molecular weight is 379 g/mol. The molecule has 0 atom stereocenters. The summed E-state index contributed by atoms with van der Waals surface area (Å²) in [6.07, 6.45) is 0. The number of hydrogen-bond acceptors (Lipinski definition) is 4. The number of hydrogen-bond donors (Lipinski definition) is 1. The topological polar surface area (TPSA) is 64.6 Å². The highest BCUT2D eigenvalue weighted by atomic mass is 19.1. The summed E-state index contributed by atoms with van der Waals surface area (Å²) in [5.41, 5.74) is 0.562. The van der Waals surface area contributed by atoms with Crippen LogP contribution in [0, 0.1) is 5.82 Å². The van der Waals surface area contributed by atoms with Gasteiger partial charge < -0.3 is 14.8 Å². The van der Waals surface area contributed by atoms with E-state index in [4.69, 9.17) is 9.47 Å². The fraction of sp³-hybridized carbons (Fsp3) is 0.0909. The number of para-hydroxylation sites is 3. The van der Waals surface area contributed by atoms with Crippen LogP contribution in [-0.4, -0.2) is 18.3 Å². The largest absolute Gasteiger partial charge is 0.483 e. The lowest BCUT2D eigenvalue weighted by Gasteiger charge is -2.13. The number of rotatable bonds is 7. The smallest absolute Gasteiger partial charge is 0.262 e. The molecule has 0 aliphatic rings. The van der Waals surface area contributed by atoms with E-state index in [-0.39, 0.29) is 23.7 Å². The second-order valence-electron chi connectivity index (χ2n) is 5.94. The summed E-state index contributed by atoms with van der Waals surface area (Å²) in [6, 6.07) is 19.8. The van der Waals surface area contributed by atoms with Gasteiger partial charge in [0.15, 0.2) is 18.1 Å². The van der Waals surface area contributed by atoms with Crippen LogP contribution in [0.4, 0.5) is 10.1 Å². The Morgan fingerprint density at radius 3 is 2.39 bits per heavy atom. The normalized spacial score (nSPS) is 10.2. The Morgan fingerprint density at radius 1 is 0.929 bits per heavy atom. The van der Waals surface area contributed by atoms with Crippen molar-refractivity contribution < 1.29 is 23.5 Å². The van der Waals surface area contributed by atoms with Crippen molar-refractivity contribution in [2.75, 3.05) is 11.9 Å². The number of Topliss-reactive ketones (excluding diaryl/α,β-unsaturated/α-hetero) is 1. The number of carbonyl (C=O) groups excluding carboxylic acids is 2.